The lowest BCUT2D eigenvalue weighted by Gasteiger charge is -2.47. The molecule has 1 aliphatic heterocycles. The lowest BCUT2D eigenvalue weighted by Crippen LogP contribution is -2.59. The van der Waals surface area contributed by atoms with Gasteiger partial charge in [-0.05, 0) is 19.3 Å². The Hall–Kier alpha value is -0.120. The van der Waals surface area contributed by atoms with Gasteiger partial charge in [0.15, 0.2) is 0 Å². The van der Waals surface area contributed by atoms with E-state index in [2.05, 4.69) is 32.6 Å². The maximum atomic E-state index is 10.5. The van der Waals surface area contributed by atoms with Crippen molar-refractivity contribution >= 4 is 0 Å². The fraction of sp³-hybridized carbons (Fsp3) is 1.00. The molecule has 1 fully saturated rings. The number of hydrogen-bond donors (Lipinski definition) is 1. The Morgan fingerprint density at radius 2 is 1.88 bits per heavy atom. The van der Waals surface area contributed by atoms with Gasteiger partial charge in [-0.15, -0.1) is 0 Å². The highest BCUT2D eigenvalue weighted by atomic mass is 16.5. The summed E-state index contributed by atoms with van der Waals surface area (Å²) < 4.78 is 5.38. The molecular weight excluding hydrogens is 202 g/mol. The first-order valence-corrected chi connectivity index (χ1v) is 6.57. The van der Waals surface area contributed by atoms with Crippen molar-refractivity contribution in [3.8, 4) is 0 Å². The minimum atomic E-state index is -0.249. The van der Waals surface area contributed by atoms with Gasteiger partial charge < -0.3 is 9.84 Å². The van der Waals surface area contributed by atoms with E-state index in [1.165, 1.54) is 0 Å². The fourth-order valence-corrected chi connectivity index (χ4v) is 2.53. The van der Waals surface area contributed by atoms with Gasteiger partial charge in [0.2, 0.25) is 0 Å². The van der Waals surface area contributed by atoms with E-state index in [1.54, 1.807) is 0 Å². The Morgan fingerprint density at radius 1 is 1.31 bits per heavy atom. The monoisotopic (exact) mass is 229 g/mol. The number of nitrogens with zero attached hydrogens (tertiary/aromatic N) is 1. The van der Waals surface area contributed by atoms with Gasteiger partial charge in [-0.1, -0.05) is 27.2 Å². The minimum Gasteiger partial charge on any atom is -0.391 e. The molecule has 3 atom stereocenters. The summed E-state index contributed by atoms with van der Waals surface area (Å²) in [6, 6.07) is 0. The zero-order chi connectivity index (χ0) is 12.2. The van der Waals surface area contributed by atoms with Gasteiger partial charge in [-0.25, -0.2) is 0 Å². The van der Waals surface area contributed by atoms with Crippen LogP contribution in [-0.2, 0) is 4.74 Å². The van der Waals surface area contributed by atoms with E-state index in [9.17, 15) is 5.11 Å². The second kappa shape index (κ2) is 5.99. The lowest BCUT2D eigenvalue weighted by molar-refractivity contribution is -0.0883. The van der Waals surface area contributed by atoms with Crippen LogP contribution in [0.25, 0.3) is 0 Å². The first-order valence-electron chi connectivity index (χ1n) is 6.57. The maximum Gasteiger partial charge on any atom is 0.0746 e. The van der Waals surface area contributed by atoms with Crippen LogP contribution >= 0.6 is 0 Å². The molecule has 0 spiro atoms. The Kier molecular flexibility index (Phi) is 5.22. The standard InChI is InChI=1S/C13H27NO2/c1-5-11(3)12(15)13(4,6-2)14-7-9-16-10-8-14/h11-12,15H,5-10H2,1-4H3. The maximum absolute atomic E-state index is 10.5. The van der Waals surface area contributed by atoms with E-state index < -0.39 is 0 Å². The SMILES string of the molecule is CCC(C)C(O)C(C)(CC)N1CCOCC1. The molecule has 1 N–H and O–H groups in total. The number of aliphatic hydroxyl groups is 1. The third-order valence-corrected chi connectivity index (χ3v) is 4.27. The summed E-state index contributed by atoms with van der Waals surface area (Å²) in [4.78, 5) is 2.40. The molecule has 0 amide bonds. The highest BCUT2D eigenvalue weighted by Crippen LogP contribution is 2.30. The smallest absolute Gasteiger partial charge is 0.0746 e. The van der Waals surface area contributed by atoms with Crippen molar-refractivity contribution in [3.63, 3.8) is 0 Å². The van der Waals surface area contributed by atoms with Crippen LogP contribution in [0.1, 0.15) is 40.5 Å². The van der Waals surface area contributed by atoms with Crippen LogP contribution in [0, 0.1) is 5.92 Å². The first-order chi connectivity index (χ1) is 7.56. The molecule has 3 nitrogen and oxygen atoms in total. The Morgan fingerprint density at radius 3 is 2.31 bits per heavy atom. The number of morpholine rings is 1. The van der Waals surface area contributed by atoms with E-state index in [-0.39, 0.29) is 11.6 Å². The van der Waals surface area contributed by atoms with Crippen LogP contribution in [0.5, 0.6) is 0 Å². The molecule has 3 heteroatoms. The van der Waals surface area contributed by atoms with Crippen LogP contribution in [0.15, 0.2) is 0 Å². The largest absolute Gasteiger partial charge is 0.391 e. The van der Waals surface area contributed by atoms with Gasteiger partial charge >= 0.3 is 0 Å². The summed E-state index contributed by atoms with van der Waals surface area (Å²) in [5.41, 5.74) is -0.0980. The molecule has 0 radical (unpaired) electrons. The third kappa shape index (κ3) is 2.76. The van der Waals surface area contributed by atoms with E-state index in [1.807, 2.05) is 0 Å². The Labute approximate surface area is 99.8 Å². The van der Waals surface area contributed by atoms with Crippen molar-refractivity contribution in [2.45, 2.75) is 52.2 Å². The van der Waals surface area contributed by atoms with E-state index >= 15 is 0 Å². The summed E-state index contributed by atoms with van der Waals surface area (Å²) in [7, 11) is 0. The molecule has 0 aromatic rings. The molecule has 3 unspecified atom stereocenters. The number of rotatable bonds is 5. The van der Waals surface area contributed by atoms with Crippen LogP contribution in [0.4, 0.5) is 0 Å². The predicted molar refractivity (Wildman–Crippen MR) is 66.5 cm³/mol. The van der Waals surface area contributed by atoms with E-state index in [4.69, 9.17) is 4.74 Å². The quantitative estimate of drug-likeness (QED) is 0.781. The van der Waals surface area contributed by atoms with Crippen molar-refractivity contribution in [2.24, 2.45) is 5.92 Å². The van der Waals surface area contributed by atoms with E-state index in [0.717, 1.165) is 39.1 Å². The molecule has 0 saturated carbocycles. The predicted octanol–water partition coefficient (Wildman–Crippen LogP) is 1.89. The van der Waals surface area contributed by atoms with E-state index in [0.29, 0.717) is 5.92 Å². The number of ether oxygens (including phenoxy) is 1. The van der Waals surface area contributed by atoms with Gasteiger partial charge in [0, 0.05) is 18.6 Å². The molecule has 0 bridgehead atoms. The summed E-state index contributed by atoms with van der Waals surface area (Å²) in [6.07, 6.45) is 1.76. The van der Waals surface area contributed by atoms with Crippen molar-refractivity contribution in [1.82, 2.24) is 4.90 Å². The van der Waals surface area contributed by atoms with Crippen LogP contribution in [0.2, 0.25) is 0 Å². The zero-order valence-electron chi connectivity index (χ0n) is 11.2. The van der Waals surface area contributed by atoms with Crippen molar-refractivity contribution in [2.75, 3.05) is 26.3 Å². The van der Waals surface area contributed by atoms with Gasteiger partial charge in [0.05, 0.1) is 19.3 Å². The zero-order valence-corrected chi connectivity index (χ0v) is 11.2. The molecule has 0 aromatic heterocycles. The summed E-state index contributed by atoms with van der Waals surface area (Å²) in [5.74, 6) is 0.354. The van der Waals surface area contributed by atoms with Gasteiger partial charge in [0.1, 0.15) is 0 Å². The average molecular weight is 229 g/mol. The molecule has 1 heterocycles. The highest BCUT2D eigenvalue weighted by Gasteiger charge is 2.39. The molecule has 1 rings (SSSR count). The van der Waals surface area contributed by atoms with Crippen LogP contribution in [-0.4, -0.2) is 48.0 Å². The molecule has 16 heavy (non-hydrogen) atoms. The first kappa shape index (κ1) is 13.9. The normalized spacial score (nSPS) is 26.1. The molecule has 96 valence electrons. The second-order valence-electron chi connectivity index (χ2n) is 5.14. The molecule has 0 aromatic carbocycles. The van der Waals surface area contributed by atoms with Crippen LogP contribution in [0.3, 0.4) is 0 Å². The highest BCUT2D eigenvalue weighted by molar-refractivity contribution is 4.94. The van der Waals surface area contributed by atoms with Gasteiger partial charge in [-0.3, -0.25) is 4.90 Å². The third-order valence-electron chi connectivity index (χ3n) is 4.27. The number of aliphatic hydroxyl groups excluding tert-OH is 1. The number of hydrogen-bond acceptors (Lipinski definition) is 3. The van der Waals surface area contributed by atoms with Gasteiger partial charge in [-0.2, -0.15) is 0 Å². The molecule has 0 aliphatic carbocycles. The summed E-state index contributed by atoms with van der Waals surface area (Å²) >= 11 is 0. The summed E-state index contributed by atoms with van der Waals surface area (Å²) in [5, 5.41) is 10.5. The molecular formula is C13H27NO2. The van der Waals surface area contributed by atoms with Crippen LogP contribution < -0.4 is 0 Å². The molecule has 1 saturated heterocycles. The lowest BCUT2D eigenvalue weighted by atomic mass is 9.81. The average Bonchev–Trinajstić information content (AvgIpc) is 2.37. The minimum absolute atomic E-state index is 0.0980. The van der Waals surface area contributed by atoms with Gasteiger partial charge in [0.25, 0.3) is 0 Å². The van der Waals surface area contributed by atoms with Crippen molar-refractivity contribution in [1.29, 1.82) is 0 Å². The summed E-state index contributed by atoms with van der Waals surface area (Å²) in [6.45, 7) is 12.1. The fourth-order valence-electron chi connectivity index (χ4n) is 2.53. The Balaban J connectivity index is 2.73. The second-order valence-corrected chi connectivity index (χ2v) is 5.14. The topological polar surface area (TPSA) is 32.7 Å². The Bertz CT molecular complexity index is 200. The molecule has 1 aliphatic rings. The van der Waals surface area contributed by atoms with Crippen molar-refractivity contribution in [3.05, 3.63) is 0 Å². The van der Waals surface area contributed by atoms with Crippen molar-refractivity contribution < 1.29 is 9.84 Å².